The van der Waals surface area contributed by atoms with Crippen LogP contribution in [0.15, 0.2) is 12.2 Å². The molecule has 0 bridgehead atoms. The quantitative estimate of drug-likeness (QED) is 0.0272. The van der Waals surface area contributed by atoms with Gasteiger partial charge in [-0.25, -0.2) is 0 Å². The SMILES string of the molecule is CCCCCCCCCCCCCC/C=C\CCCCCCCCCCCCCCCCCCCC(=O)NC(COP(=O)([O-])OCC[N+](C)(C)C)C(O)CCCCCCCCCCCCCCCCCCCC. The minimum absolute atomic E-state index is 0.0155. The molecule has 0 radical (unpaired) electrons. The standard InChI is InChI=1S/C64H129N2O6P/c1-6-8-10-12-14-16-18-20-22-24-26-27-28-29-30-31-32-33-34-35-36-37-38-39-40-42-44-46-48-50-52-54-56-58-64(68)65-62(61-72-73(69,70)71-60-59-66(3,4)5)63(67)57-55-53-51-49-47-45-43-41-25-23-21-19-17-15-13-11-9-7-2/h29-30,62-63,67H,6-28,31-61H2,1-5H3,(H-,65,68,69,70)/b30-29-. The summed E-state index contributed by atoms with van der Waals surface area (Å²) in [6.07, 6.45) is 69.9. The van der Waals surface area contributed by atoms with Crippen LogP contribution in [0.2, 0.25) is 0 Å². The number of carbonyl (C=O) groups is 1. The Labute approximate surface area is 456 Å². The van der Waals surface area contributed by atoms with Crippen LogP contribution < -0.4 is 10.2 Å². The fourth-order valence-corrected chi connectivity index (χ4v) is 10.9. The normalized spacial score (nSPS) is 13.8. The number of aliphatic hydroxyl groups excluding tert-OH is 1. The second-order valence-corrected chi connectivity index (χ2v) is 25.2. The van der Waals surface area contributed by atoms with E-state index < -0.39 is 20.0 Å². The van der Waals surface area contributed by atoms with Crippen LogP contribution in [0.1, 0.15) is 341 Å². The minimum Gasteiger partial charge on any atom is -0.756 e. The minimum atomic E-state index is -4.57. The number of hydrogen-bond donors (Lipinski definition) is 2. The lowest BCUT2D eigenvalue weighted by Crippen LogP contribution is -2.46. The molecule has 2 N–H and O–H groups in total. The highest BCUT2D eigenvalue weighted by molar-refractivity contribution is 7.45. The van der Waals surface area contributed by atoms with Gasteiger partial charge in [0.15, 0.2) is 0 Å². The van der Waals surface area contributed by atoms with Crippen molar-refractivity contribution in [3.8, 4) is 0 Å². The number of nitrogens with one attached hydrogen (secondary N) is 1. The Balaban J connectivity index is 3.97. The summed E-state index contributed by atoms with van der Waals surface area (Å²) in [7, 11) is 1.32. The van der Waals surface area contributed by atoms with E-state index in [4.69, 9.17) is 9.05 Å². The van der Waals surface area contributed by atoms with Gasteiger partial charge in [-0.1, -0.05) is 309 Å². The second-order valence-electron chi connectivity index (χ2n) is 23.8. The Kier molecular flexibility index (Phi) is 55.4. The topological polar surface area (TPSA) is 108 Å². The molecule has 73 heavy (non-hydrogen) atoms. The third kappa shape index (κ3) is 58.8. The Morgan fingerprint density at radius 2 is 0.753 bits per heavy atom. The van der Waals surface area contributed by atoms with E-state index in [9.17, 15) is 19.4 Å². The number of phosphoric acid groups is 1. The van der Waals surface area contributed by atoms with E-state index >= 15 is 0 Å². The fourth-order valence-electron chi connectivity index (χ4n) is 10.2. The molecule has 0 aromatic carbocycles. The highest BCUT2D eigenvalue weighted by Gasteiger charge is 2.24. The molecule has 0 aliphatic carbocycles. The Morgan fingerprint density at radius 1 is 0.466 bits per heavy atom. The summed E-state index contributed by atoms with van der Waals surface area (Å²) in [6, 6.07) is -0.797. The van der Waals surface area contributed by atoms with Gasteiger partial charge in [-0.15, -0.1) is 0 Å². The number of carbonyl (C=O) groups excluding carboxylic acids is 1. The number of amides is 1. The summed E-state index contributed by atoms with van der Waals surface area (Å²) in [6.45, 7) is 4.78. The van der Waals surface area contributed by atoms with E-state index in [1.54, 1.807) is 0 Å². The second kappa shape index (κ2) is 56.0. The van der Waals surface area contributed by atoms with Crippen molar-refractivity contribution in [2.45, 2.75) is 353 Å². The number of nitrogens with zero attached hydrogens (tertiary/aromatic N) is 1. The summed E-state index contributed by atoms with van der Waals surface area (Å²) in [5, 5.41) is 14.1. The van der Waals surface area contributed by atoms with Gasteiger partial charge in [0.25, 0.3) is 7.82 Å². The maximum absolute atomic E-state index is 13.0. The van der Waals surface area contributed by atoms with Crippen molar-refractivity contribution in [3.05, 3.63) is 12.2 Å². The van der Waals surface area contributed by atoms with E-state index in [0.29, 0.717) is 23.9 Å². The van der Waals surface area contributed by atoms with E-state index in [1.165, 1.54) is 276 Å². The van der Waals surface area contributed by atoms with Crippen molar-refractivity contribution in [3.63, 3.8) is 0 Å². The van der Waals surface area contributed by atoms with Crippen LogP contribution in [0.5, 0.6) is 0 Å². The highest BCUT2D eigenvalue weighted by Crippen LogP contribution is 2.38. The molecular weight excluding hydrogens is 924 g/mol. The fraction of sp³-hybridized carbons (Fsp3) is 0.953. The molecule has 0 aromatic rings. The summed E-state index contributed by atoms with van der Waals surface area (Å²) in [4.78, 5) is 25.6. The molecule has 0 saturated carbocycles. The van der Waals surface area contributed by atoms with Gasteiger partial charge in [0.05, 0.1) is 39.9 Å². The van der Waals surface area contributed by atoms with Crippen molar-refractivity contribution < 1.29 is 32.9 Å². The zero-order valence-corrected chi connectivity index (χ0v) is 50.8. The number of allylic oxidation sites excluding steroid dienone is 2. The van der Waals surface area contributed by atoms with Crippen LogP contribution in [0.4, 0.5) is 0 Å². The predicted molar refractivity (Wildman–Crippen MR) is 316 cm³/mol. The number of quaternary nitrogens is 1. The number of phosphoric ester groups is 1. The molecule has 1 amide bonds. The molecule has 0 aromatic heterocycles. The van der Waals surface area contributed by atoms with E-state index in [1.807, 2.05) is 21.1 Å². The maximum atomic E-state index is 13.0. The molecule has 0 aliphatic rings. The average Bonchev–Trinajstić information content (AvgIpc) is 3.35. The first-order chi connectivity index (χ1) is 35.5. The van der Waals surface area contributed by atoms with Gasteiger partial charge in [-0.2, -0.15) is 0 Å². The van der Waals surface area contributed by atoms with Crippen molar-refractivity contribution in [2.24, 2.45) is 0 Å². The highest BCUT2D eigenvalue weighted by atomic mass is 31.2. The molecule has 8 nitrogen and oxygen atoms in total. The summed E-state index contributed by atoms with van der Waals surface area (Å²) in [5.41, 5.74) is 0. The molecule has 0 aliphatic heterocycles. The number of likely N-dealkylation sites (N-methyl/N-ethyl adjacent to an activating group) is 1. The number of unbranched alkanes of at least 4 members (excludes halogenated alkanes) is 46. The van der Waals surface area contributed by atoms with Crippen LogP contribution >= 0.6 is 7.82 Å². The lowest BCUT2D eigenvalue weighted by atomic mass is 10.0. The number of hydrogen-bond acceptors (Lipinski definition) is 6. The van der Waals surface area contributed by atoms with Gasteiger partial charge >= 0.3 is 0 Å². The molecule has 0 saturated heterocycles. The first-order valence-electron chi connectivity index (χ1n) is 32.5. The Hall–Kier alpha value is -0.760. The summed E-state index contributed by atoms with van der Waals surface area (Å²) >= 11 is 0. The van der Waals surface area contributed by atoms with Crippen LogP contribution in [-0.4, -0.2) is 68.5 Å². The van der Waals surface area contributed by atoms with Crippen molar-refractivity contribution in [1.82, 2.24) is 5.32 Å². The van der Waals surface area contributed by atoms with Crippen molar-refractivity contribution >= 4 is 13.7 Å². The van der Waals surface area contributed by atoms with E-state index in [0.717, 1.165) is 38.5 Å². The van der Waals surface area contributed by atoms with Gasteiger partial charge in [0, 0.05) is 6.42 Å². The van der Waals surface area contributed by atoms with Gasteiger partial charge in [0.1, 0.15) is 13.2 Å². The molecule has 436 valence electrons. The van der Waals surface area contributed by atoms with E-state index in [2.05, 4.69) is 31.3 Å². The van der Waals surface area contributed by atoms with Crippen LogP contribution in [0.3, 0.4) is 0 Å². The monoisotopic (exact) mass is 1050 g/mol. The molecular formula is C64H129N2O6P. The zero-order valence-electron chi connectivity index (χ0n) is 49.9. The average molecular weight is 1050 g/mol. The Morgan fingerprint density at radius 3 is 1.07 bits per heavy atom. The third-order valence-electron chi connectivity index (χ3n) is 15.3. The summed E-state index contributed by atoms with van der Waals surface area (Å²) in [5.74, 6) is -0.157. The lowest BCUT2D eigenvalue weighted by Gasteiger charge is -2.30. The molecule has 0 fully saturated rings. The smallest absolute Gasteiger partial charge is 0.268 e. The first kappa shape index (κ1) is 72.2. The van der Waals surface area contributed by atoms with Crippen molar-refractivity contribution in [1.29, 1.82) is 0 Å². The van der Waals surface area contributed by atoms with E-state index in [-0.39, 0.29) is 19.1 Å². The lowest BCUT2D eigenvalue weighted by molar-refractivity contribution is -0.870. The largest absolute Gasteiger partial charge is 0.756 e. The van der Waals surface area contributed by atoms with Crippen molar-refractivity contribution in [2.75, 3.05) is 40.9 Å². The third-order valence-corrected chi connectivity index (χ3v) is 16.2. The number of aliphatic hydroxyl groups is 1. The molecule has 0 spiro atoms. The molecule has 3 unspecified atom stereocenters. The van der Waals surface area contributed by atoms with Gasteiger partial charge in [-0.3, -0.25) is 9.36 Å². The van der Waals surface area contributed by atoms with Crippen LogP contribution in [0.25, 0.3) is 0 Å². The predicted octanol–water partition coefficient (Wildman–Crippen LogP) is 19.5. The molecule has 9 heteroatoms. The zero-order chi connectivity index (χ0) is 53.5. The number of rotatable bonds is 61. The van der Waals surface area contributed by atoms with Crippen LogP contribution in [0, 0.1) is 0 Å². The summed E-state index contributed by atoms with van der Waals surface area (Å²) < 4.78 is 23.5. The molecule has 0 heterocycles. The van der Waals surface area contributed by atoms with Gasteiger partial charge in [-0.05, 0) is 38.5 Å². The maximum Gasteiger partial charge on any atom is 0.268 e. The molecule has 0 rings (SSSR count). The van der Waals surface area contributed by atoms with Gasteiger partial charge in [0.2, 0.25) is 5.91 Å². The Bertz CT molecular complexity index is 1200. The van der Waals surface area contributed by atoms with Gasteiger partial charge < -0.3 is 28.8 Å². The first-order valence-corrected chi connectivity index (χ1v) is 34.0. The van der Waals surface area contributed by atoms with Crippen LogP contribution in [-0.2, 0) is 18.4 Å². The molecule has 3 atom stereocenters.